The van der Waals surface area contributed by atoms with E-state index in [9.17, 15) is 14.9 Å². The quantitative estimate of drug-likeness (QED) is 0.636. The summed E-state index contributed by atoms with van der Waals surface area (Å²) in [6.45, 7) is 1.28. The molecule has 0 aromatic heterocycles. The summed E-state index contributed by atoms with van der Waals surface area (Å²) in [4.78, 5) is 24.1. The van der Waals surface area contributed by atoms with Gasteiger partial charge in [0.05, 0.1) is 11.4 Å². The number of hydrogen-bond acceptors (Lipinski definition) is 5. The van der Waals surface area contributed by atoms with Gasteiger partial charge < -0.3 is 4.74 Å². The summed E-state index contributed by atoms with van der Waals surface area (Å²) in [5.41, 5.74) is 0.219. The Morgan fingerprint density at radius 1 is 1.20 bits per heavy atom. The molecule has 2 heterocycles. The molecule has 0 saturated carbocycles. The molecule has 0 aliphatic carbocycles. The van der Waals surface area contributed by atoms with Gasteiger partial charge in [0.1, 0.15) is 11.7 Å². The molecule has 0 N–H and O–H groups in total. The summed E-state index contributed by atoms with van der Waals surface area (Å²) < 4.78 is 6.02. The zero-order valence-electron chi connectivity index (χ0n) is 13.5. The molecular weight excluding hydrogens is 322 g/mol. The number of para-hydroxylation sites is 2. The Kier molecular flexibility index (Phi) is 3.31. The first-order valence-corrected chi connectivity index (χ1v) is 7.89. The Morgan fingerprint density at radius 2 is 1.88 bits per heavy atom. The molecule has 7 heteroatoms. The van der Waals surface area contributed by atoms with Crippen molar-refractivity contribution < 1.29 is 14.5 Å². The van der Waals surface area contributed by atoms with Crippen molar-refractivity contribution >= 4 is 17.3 Å². The Balaban J connectivity index is 1.82. The molecule has 126 valence electrons. The van der Waals surface area contributed by atoms with Crippen molar-refractivity contribution in [1.29, 1.82) is 0 Å². The van der Waals surface area contributed by atoms with Crippen LogP contribution in [0.4, 0.5) is 5.69 Å². The first-order valence-electron chi connectivity index (χ1n) is 7.89. The van der Waals surface area contributed by atoms with Crippen molar-refractivity contribution in [2.75, 3.05) is 11.6 Å². The molecular formula is C18H15N3O4. The van der Waals surface area contributed by atoms with Crippen LogP contribution in [0.3, 0.4) is 0 Å². The highest BCUT2D eigenvalue weighted by atomic mass is 16.6. The van der Waals surface area contributed by atoms with Gasteiger partial charge >= 0.3 is 0 Å². The third kappa shape index (κ3) is 2.12. The highest BCUT2D eigenvalue weighted by Gasteiger charge is 2.63. The minimum absolute atomic E-state index is 0.403. The Hall–Kier alpha value is -3.22. The normalized spacial score (nSPS) is 24.2. The molecule has 1 amide bonds. The number of benzene rings is 2. The molecule has 2 atom stereocenters. The SMILES string of the molecule is CC1=NN(c2ccccc2)C(=O)[C@@]12Oc1ccccc1[C@@H]2C[N+](=O)[O-]. The number of amides is 1. The van der Waals surface area contributed by atoms with Crippen LogP contribution in [0, 0.1) is 10.1 Å². The lowest BCUT2D eigenvalue weighted by Gasteiger charge is -2.27. The van der Waals surface area contributed by atoms with Gasteiger partial charge in [0.2, 0.25) is 12.1 Å². The van der Waals surface area contributed by atoms with Gasteiger partial charge in [0.25, 0.3) is 5.91 Å². The average molecular weight is 337 g/mol. The van der Waals surface area contributed by atoms with Gasteiger partial charge in [-0.05, 0) is 25.1 Å². The fourth-order valence-electron chi connectivity index (χ4n) is 3.55. The van der Waals surface area contributed by atoms with Crippen LogP contribution in [0.25, 0.3) is 0 Å². The highest BCUT2D eigenvalue weighted by molar-refractivity contribution is 6.23. The molecule has 0 bridgehead atoms. The summed E-state index contributed by atoms with van der Waals surface area (Å²) >= 11 is 0. The van der Waals surface area contributed by atoms with E-state index in [1.807, 2.05) is 6.07 Å². The van der Waals surface area contributed by atoms with Crippen LogP contribution in [-0.4, -0.2) is 28.7 Å². The molecule has 0 saturated heterocycles. The third-order valence-corrected chi connectivity index (χ3v) is 4.69. The maximum Gasteiger partial charge on any atom is 0.298 e. The van der Waals surface area contributed by atoms with Crippen LogP contribution in [-0.2, 0) is 4.79 Å². The number of anilines is 1. The summed E-state index contributed by atoms with van der Waals surface area (Å²) in [7, 11) is 0. The monoisotopic (exact) mass is 337 g/mol. The van der Waals surface area contributed by atoms with Crippen molar-refractivity contribution in [3.8, 4) is 5.75 Å². The molecule has 0 unspecified atom stereocenters. The van der Waals surface area contributed by atoms with E-state index < -0.39 is 28.9 Å². The zero-order valence-corrected chi connectivity index (χ0v) is 13.5. The van der Waals surface area contributed by atoms with Gasteiger partial charge in [-0.2, -0.15) is 10.1 Å². The van der Waals surface area contributed by atoms with Gasteiger partial charge in [0.15, 0.2) is 0 Å². The van der Waals surface area contributed by atoms with Crippen molar-refractivity contribution in [3.05, 3.63) is 70.3 Å². The van der Waals surface area contributed by atoms with Gasteiger partial charge in [-0.15, -0.1) is 0 Å². The molecule has 2 aromatic rings. The van der Waals surface area contributed by atoms with Crippen LogP contribution >= 0.6 is 0 Å². The van der Waals surface area contributed by atoms with Gasteiger partial charge in [-0.3, -0.25) is 14.9 Å². The van der Waals surface area contributed by atoms with Gasteiger partial charge in [-0.1, -0.05) is 36.4 Å². The van der Waals surface area contributed by atoms with Gasteiger partial charge in [-0.25, -0.2) is 0 Å². The average Bonchev–Trinajstić information content (AvgIpc) is 3.06. The second-order valence-electron chi connectivity index (χ2n) is 6.08. The fourth-order valence-corrected chi connectivity index (χ4v) is 3.55. The number of carbonyl (C=O) groups is 1. The van der Waals surface area contributed by atoms with E-state index in [1.165, 1.54) is 5.01 Å². The van der Waals surface area contributed by atoms with E-state index in [1.54, 1.807) is 55.5 Å². The molecule has 7 nitrogen and oxygen atoms in total. The first-order chi connectivity index (χ1) is 12.0. The number of carbonyl (C=O) groups excluding carboxylic acids is 1. The van der Waals surface area contributed by atoms with E-state index >= 15 is 0 Å². The minimum atomic E-state index is -1.47. The maximum absolute atomic E-state index is 13.3. The van der Waals surface area contributed by atoms with E-state index in [-0.39, 0.29) is 0 Å². The molecule has 0 radical (unpaired) electrons. The number of fused-ring (bicyclic) bond motifs is 1. The van der Waals surface area contributed by atoms with Crippen LogP contribution in [0.5, 0.6) is 5.75 Å². The molecule has 0 fully saturated rings. The van der Waals surface area contributed by atoms with Crippen molar-refractivity contribution in [3.63, 3.8) is 0 Å². The molecule has 4 rings (SSSR count). The lowest BCUT2D eigenvalue weighted by Crippen LogP contribution is -2.54. The smallest absolute Gasteiger partial charge is 0.298 e. The van der Waals surface area contributed by atoms with E-state index in [0.717, 1.165) is 0 Å². The summed E-state index contributed by atoms with van der Waals surface area (Å²) in [5.74, 6) is -0.630. The Labute approximate surface area is 143 Å². The predicted octanol–water partition coefficient (Wildman–Crippen LogP) is 2.60. The second kappa shape index (κ2) is 5.41. The molecule has 2 aliphatic rings. The van der Waals surface area contributed by atoms with Crippen LogP contribution in [0.1, 0.15) is 18.4 Å². The van der Waals surface area contributed by atoms with E-state index in [2.05, 4.69) is 5.10 Å². The van der Waals surface area contributed by atoms with E-state index in [4.69, 9.17) is 4.74 Å². The number of ether oxygens (including phenoxy) is 1. The maximum atomic E-state index is 13.3. The molecule has 25 heavy (non-hydrogen) atoms. The van der Waals surface area contributed by atoms with Crippen molar-refractivity contribution in [2.45, 2.75) is 18.4 Å². The van der Waals surface area contributed by atoms with Crippen molar-refractivity contribution in [1.82, 2.24) is 0 Å². The number of rotatable bonds is 3. The second-order valence-corrected chi connectivity index (χ2v) is 6.08. The minimum Gasteiger partial charge on any atom is -0.470 e. The number of hydrazone groups is 1. The number of nitro groups is 1. The first kappa shape index (κ1) is 15.3. The van der Waals surface area contributed by atoms with Crippen molar-refractivity contribution in [2.24, 2.45) is 5.10 Å². The summed E-state index contributed by atoms with van der Waals surface area (Å²) in [6, 6.07) is 16.0. The topological polar surface area (TPSA) is 85.0 Å². The Morgan fingerprint density at radius 3 is 2.60 bits per heavy atom. The zero-order chi connectivity index (χ0) is 17.6. The van der Waals surface area contributed by atoms with Crippen LogP contribution < -0.4 is 9.75 Å². The highest BCUT2D eigenvalue weighted by Crippen LogP contribution is 2.49. The van der Waals surface area contributed by atoms with E-state index in [0.29, 0.717) is 22.7 Å². The molecule has 2 aliphatic heterocycles. The Bertz CT molecular complexity index is 896. The number of hydrogen-bond donors (Lipinski definition) is 0. The fraction of sp³-hybridized carbons (Fsp3) is 0.222. The van der Waals surface area contributed by atoms with Gasteiger partial charge in [0, 0.05) is 10.5 Å². The molecule has 2 aromatic carbocycles. The summed E-state index contributed by atoms with van der Waals surface area (Å²) in [5, 5.41) is 16.9. The standard InChI is InChI=1S/C18H15N3O4/c1-12-18(17(22)21(19-12)13-7-3-2-4-8-13)15(11-20(23)24)14-9-5-6-10-16(14)25-18/h2-10,15H,11H2,1H3/t15-,18+/m0/s1. The summed E-state index contributed by atoms with van der Waals surface area (Å²) in [6.07, 6.45) is 0. The van der Waals surface area contributed by atoms with Crippen LogP contribution in [0.15, 0.2) is 59.7 Å². The third-order valence-electron chi connectivity index (χ3n) is 4.69. The lowest BCUT2D eigenvalue weighted by atomic mass is 9.81. The lowest BCUT2D eigenvalue weighted by molar-refractivity contribution is -0.484. The molecule has 1 spiro atoms. The largest absolute Gasteiger partial charge is 0.470 e. The van der Waals surface area contributed by atoms with Crippen LogP contribution in [0.2, 0.25) is 0 Å². The predicted molar refractivity (Wildman–Crippen MR) is 91.4 cm³/mol. The number of nitrogens with zero attached hydrogens (tertiary/aromatic N) is 3.